The molecular formula is C17H15N3O3. The Balaban J connectivity index is 1.84. The van der Waals surface area contributed by atoms with Crippen LogP contribution in [0.1, 0.15) is 18.1 Å². The fraction of sp³-hybridized carbons (Fsp3) is 0.118. The number of carbonyl (C=O) groups is 1. The molecule has 0 unspecified atom stereocenters. The smallest absolute Gasteiger partial charge is 0.276 e. The van der Waals surface area contributed by atoms with Gasteiger partial charge in [-0.3, -0.25) is 4.79 Å². The lowest BCUT2D eigenvalue weighted by Crippen LogP contribution is -2.13. The number of carbonyl (C=O) groups excluding carboxylic acids is 1. The van der Waals surface area contributed by atoms with E-state index in [1.165, 1.54) is 12.3 Å². The van der Waals surface area contributed by atoms with Gasteiger partial charge in [0.2, 0.25) is 0 Å². The average molecular weight is 309 g/mol. The molecule has 2 N–H and O–H groups in total. The number of ether oxygens (including phenoxy) is 1. The van der Waals surface area contributed by atoms with E-state index in [1.54, 1.807) is 12.1 Å². The van der Waals surface area contributed by atoms with Gasteiger partial charge in [0, 0.05) is 5.56 Å². The van der Waals surface area contributed by atoms with Gasteiger partial charge in [-0.25, -0.2) is 0 Å². The molecule has 0 saturated carbocycles. The third-order valence-corrected chi connectivity index (χ3v) is 3.29. The van der Waals surface area contributed by atoms with Crippen molar-refractivity contribution in [3.05, 3.63) is 53.6 Å². The number of anilines is 1. The molecule has 0 bridgehead atoms. The number of para-hydroxylation sites is 1. The van der Waals surface area contributed by atoms with Crippen LogP contribution in [0.4, 0.5) is 5.69 Å². The molecule has 6 heteroatoms. The fourth-order valence-corrected chi connectivity index (χ4v) is 2.24. The predicted molar refractivity (Wildman–Crippen MR) is 88.5 cm³/mol. The van der Waals surface area contributed by atoms with Gasteiger partial charge in [0.1, 0.15) is 0 Å². The van der Waals surface area contributed by atoms with Gasteiger partial charge in [-0.1, -0.05) is 18.2 Å². The number of phenols is 1. The summed E-state index contributed by atoms with van der Waals surface area (Å²) in [7, 11) is 0. The van der Waals surface area contributed by atoms with Gasteiger partial charge in [0.05, 0.1) is 18.5 Å². The van der Waals surface area contributed by atoms with Crippen molar-refractivity contribution in [2.45, 2.75) is 6.92 Å². The summed E-state index contributed by atoms with van der Waals surface area (Å²) < 4.78 is 5.31. The van der Waals surface area contributed by atoms with E-state index < -0.39 is 0 Å². The second-order valence-corrected chi connectivity index (χ2v) is 4.85. The molecular weight excluding hydrogens is 294 g/mol. The molecule has 3 rings (SSSR count). The molecule has 2 aromatic rings. The van der Waals surface area contributed by atoms with Crippen molar-refractivity contribution in [2.24, 2.45) is 10.2 Å². The Labute approximate surface area is 133 Å². The lowest BCUT2D eigenvalue weighted by Gasteiger charge is -2.05. The largest absolute Gasteiger partial charge is 0.504 e. The standard InChI is InChI=1S/C17H15N3O3/c1-2-23-15-9-11(7-8-14(15)21)10-18-20-16-12-5-3-4-6-13(12)19-17(16)22/h3-10,21H,2H2,1H3,(H,19,20,22)/b18-10+. The van der Waals surface area contributed by atoms with Gasteiger partial charge in [-0.2, -0.15) is 5.10 Å². The average Bonchev–Trinajstić information content (AvgIpc) is 2.86. The molecule has 0 aliphatic carbocycles. The van der Waals surface area contributed by atoms with E-state index in [0.29, 0.717) is 17.9 Å². The molecule has 6 nitrogen and oxygen atoms in total. The maximum Gasteiger partial charge on any atom is 0.276 e. The van der Waals surface area contributed by atoms with Crippen molar-refractivity contribution in [2.75, 3.05) is 11.9 Å². The van der Waals surface area contributed by atoms with Gasteiger partial charge in [-0.15, -0.1) is 5.10 Å². The summed E-state index contributed by atoms with van der Waals surface area (Å²) in [5, 5.41) is 20.4. The van der Waals surface area contributed by atoms with Gasteiger partial charge >= 0.3 is 0 Å². The Morgan fingerprint density at radius 1 is 1.26 bits per heavy atom. The van der Waals surface area contributed by atoms with E-state index >= 15 is 0 Å². The second kappa shape index (κ2) is 6.31. The molecule has 0 spiro atoms. The van der Waals surface area contributed by atoms with Crippen LogP contribution in [0.5, 0.6) is 11.5 Å². The van der Waals surface area contributed by atoms with Crippen LogP contribution in [0.25, 0.3) is 0 Å². The third kappa shape index (κ3) is 3.06. The number of rotatable bonds is 4. The van der Waals surface area contributed by atoms with Crippen LogP contribution in [0, 0.1) is 0 Å². The number of aromatic hydroxyl groups is 1. The zero-order valence-electron chi connectivity index (χ0n) is 12.5. The van der Waals surface area contributed by atoms with Crippen molar-refractivity contribution in [1.82, 2.24) is 0 Å². The molecule has 0 fully saturated rings. The maximum absolute atomic E-state index is 11.9. The fourth-order valence-electron chi connectivity index (χ4n) is 2.24. The summed E-state index contributed by atoms with van der Waals surface area (Å²) >= 11 is 0. The van der Waals surface area contributed by atoms with E-state index in [2.05, 4.69) is 15.5 Å². The van der Waals surface area contributed by atoms with Gasteiger partial charge in [0.15, 0.2) is 17.2 Å². The molecule has 1 heterocycles. The van der Waals surface area contributed by atoms with Crippen molar-refractivity contribution in [3.63, 3.8) is 0 Å². The minimum atomic E-state index is -0.274. The Hall–Kier alpha value is -3.15. The zero-order valence-corrected chi connectivity index (χ0v) is 12.5. The number of fused-ring (bicyclic) bond motifs is 1. The zero-order chi connectivity index (χ0) is 16.2. The van der Waals surface area contributed by atoms with Crippen molar-refractivity contribution < 1.29 is 14.6 Å². The minimum absolute atomic E-state index is 0.0689. The van der Waals surface area contributed by atoms with Crippen molar-refractivity contribution in [1.29, 1.82) is 0 Å². The van der Waals surface area contributed by atoms with Crippen LogP contribution in [0.15, 0.2) is 52.7 Å². The van der Waals surface area contributed by atoms with Gasteiger partial charge in [-0.05, 0) is 36.8 Å². The SMILES string of the molecule is CCOc1cc(/C=N/N=C2/C(=O)Nc3ccccc32)ccc1O. The number of nitrogens with zero attached hydrogens (tertiary/aromatic N) is 2. The Bertz CT molecular complexity index is 812. The first-order chi connectivity index (χ1) is 11.2. The molecule has 0 atom stereocenters. The third-order valence-electron chi connectivity index (χ3n) is 3.29. The molecule has 2 aromatic carbocycles. The Kier molecular flexibility index (Phi) is 4.05. The number of hydrogen-bond donors (Lipinski definition) is 2. The molecule has 0 radical (unpaired) electrons. The van der Waals surface area contributed by atoms with Crippen LogP contribution in [0.2, 0.25) is 0 Å². The highest BCUT2D eigenvalue weighted by Crippen LogP contribution is 2.26. The predicted octanol–water partition coefficient (Wildman–Crippen LogP) is 2.57. The first-order valence-electron chi connectivity index (χ1n) is 7.16. The van der Waals surface area contributed by atoms with Crippen LogP contribution in [0.3, 0.4) is 0 Å². The first-order valence-corrected chi connectivity index (χ1v) is 7.16. The quantitative estimate of drug-likeness (QED) is 0.672. The van der Waals surface area contributed by atoms with Crippen LogP contribution in [-0.2, 0) is 4.79 Å². The number of amides is 1. The van der Waals surface area contributed by atoms with Crippen LogP contribution in [-0.4, -0.2) is 29.5 Å². The van der Waals surface area contributed by atoms with E-state index in [-0.39, 0.29) is 17.4 Å². The van der Waals surface area contributed by atoms with Gasteiger partial charge < -0.3 is 15.2 Å². The van der Waals surface area contributed by atoms with Crippen molar-refractivity contribution in [3.8, 4) is 11.5 Å². The summed E-state index contributed by atoms with van der Waals surface area (Å²) in [5.74, 6) is 0.177. The van der Waals surface area contributed by atoms with Gasteiger partial charge in [0.25, 0.3) is 5.91 Å². The molecule has 1 amide bonds. The number of phenolic OH excluding ortho intramolecular Hbond substituents is 1. The maximum atomic E-state index is 11.9. The van der Waals surface area contributed by atoms with Crippen LogP contribution < -0.4 is 10.1 Å². The number of nitrogens with one attached hydrogen (secondary N) is 1. The van der Waals surface area contributed by atoms with Crippen LogP contribution >= 0.6 is 0 Å². The summed E-state index contributed by atoms with van der Waals surface area (Å²) in [6.45, 7) is 2.29. The summed E-state index contributed by atoms with van der Waals surface area (Å²) in [6.07, 6.45) is 1.50. The molecule has 23 heavy (non-hydrogen) atoms. The molecule has 0 saturated heterocycles. The monoisotopic (exact) mass is 309 g/mol. The highest BCUT2D eigenvalue weighted by atomic mass is 16.5. The lowest BCUT2D eigenvalue weighted by atomic mass is 10.1. The summed E-state index contributed by atoms with van der Waals surface area (Å²) in [4.78, 5) is 11.9. The highest BCUT2D eigenvalue weighted by Gasteiger charge is 2.25. The first kappa shape index (κ1) is 14.8. The Morgan fingerprint density at radius 2 is 2.09 bits per heavy atom. The highest BCUT2D eigenvalue weighted by molar-refractivity contribution is 6.53. The number of hydrogen-bond acceptors (Lipinski definition) is 5. The molecule has 1 aliphatic heterocycles. The lowest BCUT2D eigenvalue weighted by molar-refractivity contribution is -0.110. The topological polar surface area (TPSA) is 83.3 Å². The van der Waals surface area contributed by atoms with E-state index in [1.807, 2.05) is 31.2 Å². The Morgan fingerprint density at radius 3 is 2.91 bits per heavy atom. The second-order valence-electron chi connectivity index (χ2n) is 4.85. The van der Waals surface area contributed by atoms with Crippen molar-refractivity contribution >= 4 is 23.5 Å². The minimum Gasteiger partial charge on any atom is -0.504 e. The summed E-state index contributed by atoms with van der Waals surface area (Å²) in [5.41, 5.74) is 2.45. The molecule has 1 aliphatic rings. The normalized spacial score (nSPS) is 15.0. The molecule has 116 valence electrons. The number of benzene rings is 2. The van der Waals surface area contributed by atoms with E-state index in [0.717, 1.165) is 11.3 Å². The van der Waals surface area contributed by atoms with E-state index in [9.17, 15) is 9.90 Å². The summed E-state index contributed by atoms with van der Waals surface area (Å²) in [6, 6.07) is 12.2. The molecule has 0 aromatic heterocycles. The van der Waals surface area contributed by atoms with E-state index in [4.69, 9.17) is 4.74 Å².